The van der Waals surface area contributed by atoms with Gasteiger partial charge in [0, 0.05) is 12.1 Å². The molecule has 0 saturated carbocycles. The predicted octanol–water partition coefficient (Wildman–Crippen LogP) is 4.04. The Bertz CT molecular complexity index is 253. The Balaban J connectivity index is 2.75. The van der Waals surface area contributed by atoms with Crippen molar-refractivity contribution < 1.29 is 0 Å². The fraction of sp³-hybridized carbons (Fsp3) is 1.00. The lowest BCUT2D eigenvalue weighted by Gasteiger charge is -2.49. The minimum Gasteiger partial charge on any atom is -0.326 e. The molecular weight excluding hydrogens is 232 g/mol. The molecule has 1 aliphatic heterocycles. The predicted molar refractivity (Wildman–Crippen MR) is 85.3 cm³/mol. The van der Waals surface area contributed by atoms with Gasteiger partial charge in [0.05, 0.1) is 0 Å². The second-order valence-electron chi connectivity index (χ2n) is 7.63. The molecule has 1 aliphatic rings. The zero-order valence-corrected chi connectivity index (χ0v) is 14.1. The summed E-state index contributed by atoms with van der Waals surface area (Å²) in [6, 6.07) is 0.819. The topological polar surface area (TPSA) is 29.3 Å². The monoisotopic (exact) mass is 268 g/mol. The number of hydrogen-bond donors (Lipinski definition) is 1. The van der Waals surface area contributed by atoms with Crippen LogP contribution in [0.25, 0.3) is 0 Å². The number of nitrogens with zero attached hydrogens (tertiary/aromatic N) is 1. The quantitative estimate of drug-likeness (QED) is 0.815. The van der Waals surface area contributed by atoms with Gasteiger partial charge in [-0.1, -0.05) is 54.4 Å². The molecule has 2 nitrogen and oxygen atoms in total. The third-order valence-electron chi connectivity index (χ3n) is 5.52. The molecule has 0 aromatic carbocycles. The molecule has 0 spiro atoms. The highest BCUT2D eigenvalue weighted by Crippen LogP contribution is 2.40. The van der Waals surface area contributed by atoms with E-state index in [2.05, 4.69) is 46.4 Å². The Kier molecular flexibility index (Phi) is 5.88. The number of likely N-dealkylation sites (tertiary alicyclic amines) is 1. The molecule has 2 unspecified atom stereocenters. The van der Waals surface area contributed by atoms with E-state index in [1.165, 1.54) is 38.8 Å². The van der Waals surface area contributed by atoms with Gasteiger partial charge >= 0.3 is 0 Å². The van der Waals surface area contributed by atoms with Crippen LogP contribution in [0.15, 0.2) is 0 Å². The van der Waals surface area contributed by atoms with Crippen LogP contribution in [0.5, 0.6) is 0 Å². The van der Waals surface area contributed by atoms with Gasteiger partial charge in [0.2, 0.25) is 0 Å². The van der Waals surface area contributed by atoms with Crippen molar-refractivity contribution in [2.45, 2.75) is 85.7 Å². The van der Waals surface area contributed by atoms with Gasteiger partial charge in [-0.15, -0.1) is 0 Å². The molecule has 0 aliphatic carbocycles. The van der Waals surface area contributed by atoms with Crippen molar-refractivity contribution in [3.8, 4) is 0 Å². The summed E-state index contributed by atoms with van der Waals surface area (Å²) in [6.45, 7) is 16.4. The van der Waals surface area contributed by atoms with E-state index in [1.807, 2.05) is 0 Å². The molecule has 1 fully saturated rings. The summed E-state index contributed by atoms with van der Waals surface area (Å²) in [4.78, 5) is 2.68. The van der Waals surface area contributed by atoms with E-state index in [1.54, 1.807) is 0 Å². The molecule has 19 heavy (non-hydrogen) atoms. The molecule has 1 rings (SSSR count). The van der Waals surface area contributed by atoms with Crippen molar-refractivity contribution in [3.63, 3.8) is 0 Å². The van der Waals surface area contributed by atoms with Crippen molar-refractivity contribution in [3.05, 3.63) is 0 Å². The first kappa shape index (κ1) is 17.0. The summed E-state index contributed by atoms with van der Waals surface area (Å²) < 4.78 is 0. The summed E-state index contributed by atoms with van der Waals surface area (Å²) in [7, 11) is 0. The molecular formula is C17H36N2. The highest BCUT2D eigenvalue weighted by Gasteiger charge is 2.39. The molecule has 0 amide bonds. The van der Waals surface area contributed by atoms with Crippen LogP contribution in [0.1, 0.15) is 73.6 Å². The van der Waals surface area contributed by atoms with E-state index in [-0.39, 0.29) is 5.41 Å². The van der Waals surface area contributed by atoms with E-state index >= 15 is 0 Å². The van der Waals surface area contributed by atoms with E-state index in [9.17, 15) is 0 Å². The van der Waals surface area contributed by atoms with Crippen LogP contribution < -0.4 is 5.73 Å². The summed E-state index contributed by atoms with van der Waals surface area (Å²) >= 11 is 0. The van der Waals surface area contributed by atoms with E-state index in [4.69, 9.17) is 5.73 Å². The summed E-state index contributed by atoms with van der Waals surface area (Å²) in [5, 5.41) is 0. The molecule has 2 atom stereocenters. The number of piperidine rings is 1. The highest BCUT2D eigenvalue weighted by atomic mass is 15.2. The average Bonchev–Trinajstić information content (AvgIpc) is 2.38. The number of nitrogens with two attached hydrogens (primary N) is 1. The Hall–Kier alpha value is -0.0800. The second kappa shape index (κ2) is 6.58. The largest absolute Gasteiger partial charge is 0.326 e. The lowest BCUT2D eigenvalue weighted by Crippen LogP contribution is -2.57. The van der Waals surface area contributed by atoms with E-state index in [0.717, 1.165) is 6.42 Å². The third-order valence-corrected chi connectivity index (χ3v) is 5.52. The average molecular weight is 268 g/mol. The number of rotatable bonds is 5. The first-order valence-corrected chi connectivity index (χ1v) is 8.29. The maximum absolute atomic E-state index is 6.43. The van der Waals surface area contributed by atoms with Crippen LogP contribution in [0.4, 0.5) is 0 Å². The van der Waals surface area contributed by atoms with Gasteiger partial charge in [-0.3, -0.25) is 4.90 Å². The zero-order chi connectivity index (χ0) is 14.7. The van der Waals surface area contributed by atoms with Crippen molar-refractivity contribution in [2.24, 2.45) is 16.6 Å². The third kappa shape index (κ3) is 3.95. The van der Waals surface area contributed by atoms with Crippen LogP contribution in [0.2, 0.25) is 0 Å². The van der Waals surface area contributed by atoms with Crippen LogP contribution in [-0.4, -0.2) is 30.1 Å². The van der Waals surface area contributed by atoms with Crippen LogP contribution in [0.3, 0.4) is 0 Å². The molecule has 1 saturated heterocycles. The fourth-order valence-electron chi connectivity index (χ4n) is 3.92. The zero-order valence-electron chi connectivity index (χ0n) is 14.1. The minimum atomic E-state index is 0.272. The first-order valence-electron chi connectivity index (χ1n) is 8.29. The van der Waals surface area contributed by atoms with Gasteiger partial charge in [0.1, 0.15) is 0 Å². The van der Waals surface area contributed by atoms with Gasteiger partial charge in [0.25, 0.3) is 0 Å². The second-order valence-corrected chi connectivity index (χ2v) is 7.63. The Labute approximate surface area is 121 Å². The van der Waals surface area contributed by atoms with Crippen LogP contribution in [-0.2, 0) is 0 Å². The molecule has 0 aromatic rings. The molecule has 114 valence electrons. The summed E-state index contributed by atoms with van der Waals surface area (Å²) in [6.07, 6.45) is 6.44. The van der Waals surface area contributed by atoms with Gasteiger partial charge in [-0.05, 0) is 43.2 Å². The Morgan fingerprint density at radius 3 is 1.84 bits per heavy atom. The molecule has 0 radical (unpaired) electrons. The fourth-order valence-corrected chi connectivity index (χ4v) is 3.92. The molecule has 2 heteroatoms. The smallest absolute Gasteiger partial charge is 0.0295 e. The van der Waals surface area contributed by atoms with Gasteiger partial charge in [-0.25, -0.2) is 0 Å². The standard InChI is InChI=1S/C17H36N2/c1-7-14(18)15(16(4,5)6)19-12-10-17(8-2,9-3)11-13-19/h14-15H,7-13,18H2,1-6H3. The Morgan fingerprint density at radius 2 is 1.53 bits per heavy atom. The SMILES string of the molecule is CCC(N)C(N1CCC(CC)(CC)CC1)C(C)(C)C. The lowest BCUT2D eigenvalue weighted by molar-refractivity contribution is 0.0136. The van der Waals surface area contributed by atoms with Crippen molar-refractivity contribution in [1.29, 1.82) is 0 Å². The number of hydrogen-bond acceptors (Lipinski definition) is 2. The molecule has 0 bridgehead atoms. The summed E-state index contributed by atoms with van der Waals surface area (Å²) in [5.41, 5.74) is 7.30. The maximum Gasteiger partial charge on any atom is 0.0295 e. The lowest BCUT2D eigenvalue weighted by atomic mass is 9.72. The van der Waals surface area contributed by atoms with Crippen molar-refractivity contribution in [2.75, 3.05) is 13.1 Å². The maximum atomic E-state index is 6.43. The van der Waals surface area contributed by atoms with E-state index in [0.29, 0.717) is 17.5 Å². The summed E-state index contributed by atoms with van der Waals surface area (Å²) in [5.74, 6) is 0. The molecule has 1 heterocycles. The first-order chi connectivity index (χ1) is 8.79. The molecule has 0 aromatic heterocycles. The Morgan fingerprint density at radius 1 is 1.05 bits per heavy atom. The highest BCUT2D eigenvalue weighted by molar-refractivity contribution is 4.94. The van der Waals surface area contributed by atoms with Crippen LogP contribution in [0, 0.1) is 10.8 Å². The van der Waals surface area contributed by atoms with Crippen LogP contribution >= 0.6 is 0 Å². The molecule has 2 N–H and O–H groups in total. The van der Waals surface area contributed by atoms with Crippen molar-refractivity contribution >= 4 is 0 Å². The normalized spacial score (nSPS) is 24.2. The van der Waals surface area contributed by atoms with E-state index < -0.39 is 0 Å². The van der Waals surface area contributed by atoms with Gasteiger partial charge < -0.3 is 5.73 Å². The minimum absolute atomic E-state index is 0.272. The van der Waals surface area contributed by atoms with Gasteiger partial charge in [0.15, 0.2) is 0 Å². The van der Waals surface area contributed by atoms with Gasteiger partial charge in [-0.2, -0.15) is 0 Å². The van der Waals surface area contributed by atoms with Crippen molar-refractivity contribution in [1.82, 2.24) is 4.90 Å².